The van der Waals surface area contributed by atoms with E-state index in [0.29, 0.717) is 27.2 Å². The molecule has 0 N–H and O–H groups in total. The number of aromatic nitrogens is 2. The summed E-state index contributed by atoms with van der Waals surface area (Å²) in [5, 5.41) is 9.51. The fourth-order valence-corrected chi connectivity index (χ4v) is 5.68. The highest BCUT2D eigenvalue weighted by Crippen LogP contribution is 2.41. The molecule has 4 rings (SSSR count). The van der Waals surface area contributed by atoms with Crippen molar-refractivity contribution in [2.75, 3.05) is 25.3 Å². The Kier molecular flexibility index (Phi) is 7.58. The van der Waals surface area contributed by atoms with Crippen LogP contribution in [0.5, 0.6) is 5.75 Å². The molecule has 0 aliphatic heterocycles. The average molecular weight is 535 g/mol. The monoisotopic (exact) mass is 533 g/mol. The Morgan fingerprint density at radius 2 is 1.68 bits per heavy atom. The second-order valence-corrected chi connectivity index (χ2v) is 10.5. The first-order chi connectivity index (χ1) is 16.2. The summed E-state index contributed by atoms with van der Waals surface area (Å²) in [5.41, 5.74) is 2.80. The van der Waals surface area contributed by atoms with Crippen LogP contribution in [0.15, 0.2) is 53.6 Å². The van der Waals surface area contributed by atoms with Crippen molar-refractivity contribution in [3.05, 3.63) is 74.7 Å². The third kappa shape index (κ3) is 4.85. The topological polar surface area (TPSA) is 30.3 Å². The normalized spacial score (nSPS) is 11.4. The Morgan fingerprint density at radius 1 is 1.00 bits per heavy atom. The number of fused-ring (bicyclic) bond motifs is 1. The molecular weight excluding hydrogens is 509 g/mol. The summed E-state index contributed by atoms with van der Waals surface area (Å²) in [4.78, 5) is 2.04. The van der Waals surface area contributed by atoms with Crippen molar-refractivity contribution in [3.8, 4) is 11.4 Å². The molecule has 8 heteroatoms. The number of halogens is 3. The number of anilines is 1. The third-order valence-electron chi connectivity index (χ3n) is 5.44. The minimum atomic E-state index is 0.0580. The molecule has 4 nitrogen and oxygen atoms in total. The Hall–Kier alpha value is -2.05. The van der Waals surface area contributed by atoms with Gasteiger partial charge in [0.15, 0.2) is 0 Å². The Balaban J connectivity index is 1.96. The average Bonchev–Trinajstić information content (AvgIpc) is 3.12. The van der Waals surface area contributed by atoms with Gasteiger partial charge < -0.3 is 9.64 Å². The minimum absolute atomic E-state index is 0.0580. The molecule has 178 valence electrons. The van der Waals surface area contributed by atoms with Gasteiger partial charge in [-0.15, -0.1) is 11.8 Å². The number of nitrogens with zero attached hydrogens (tertiary/aromatic N) is 3. The first-order valence-electron chi connectivity index (χ1n) is 10.9. The molecule has 0 aliphatic rings. The number of hydrogen-bond donors (Lipinski definition) is 0. The van der Waals surface area contributed by atoms with Gasteiger partial charge in [0.2, 0.25) is 0 Å². The summed E-state index contributed by atoms with van der Waals surface area (Å²) in [6.07, 6.45) is 2.72. The maximum atomic E-state index is 6.60. The predicted octanol–water partition coefficient (Wildman–Crippen LogP) is 8.15. The van der Waals surface area contributed by atoms with E-state index in [0.717, 1.165) is 33.1 Å². The highest BCUT2D eigenvalue weighted by molar-refractivity contribution is 7.98. The molecule has 0 bridgehead atoms. The molecule has 0 saturated heterocycles. The van der Waals surface area contributed by atoms with Crippen molar-refractivity contribution in [2.45, 2.75) is 31.4 Å². The van der Waals surface area contributed by atoms with Gasteiger partial charge in [-0.05, 0) is 49.1 Å². The van der Waals surface area contributed by atoms with E-state index in [9.17, 15) is 0 Å². The second-order valence-electron chi connectivity index (χ2n) is 8.44. The van der Waals surface area contributed by atoms with Crippen LogP contribution < -0.4 is 9.64 Å². The van der Waals surface area contributed by atoms with Crippen LogP contribution in [0.3, 0.4) is 0 Å². The number of benzene rings is 3. The van der Waals surface area contributed by atoms with E-state index in [1.54, 1.807) is 23.9 Å². The van der Waals surface area contributed by atoms with E-state index >= 15 is 0 Å². The summed E-state index contributed by atoms with van der Waals surface area (Å²) in [6.45, 7) is 4.08. The maximum Gasteiger partial charge on any atom is 0.136 e. The molecule has 1 aromatic heterocycles. The van der Waals surface area contributed by atoms with Gasteiger partial charge in [-0.3, -0.25) is 0 Å². The smallest absolute Gasteiger partial charge is 0.136 e. The van der Waals surface area contributed by atoms with Gasteiger partial charge in [-0.2, -0.15) is 5.10 Å². The number of ether oxygens (including phenoxy) is 1. The molecule has 0 fully saturated rings. The van der Waals surface area contributed by atoms with Gasteiger partial charge in [0.25, 0.3) is 0 Å². The highest BCUT2D eigenvalue weighted by Gasteiger charge is 2.25. The first-order valence-corrected chi connectivity index (χ1v) is 13.2. The lowest BCUT2D eigenvalue weighted by molar-refractivity contribution is 0.240. The first kappa shape index (κ1) is 25.1. The summed E-state index contributed by atoms with van der Waals surface area (Å²) >= 11 is 21.0. The molecule has 0 amide bonds. The highest BCUT2D eigenvalue weighted by atomic mass is 35.5. The Morgan fingerprint density at radius 3 is 2.29 bits per heavy atom. The maximum absolute atomic E-state index is 6.60. The second kappa shape index (κ2) is 10.3. The molecule has 0 spiro atoms. The fraction of sp³-hybridized carbons (Fsp3) is 0.269. The Bertz CT molecular complexity index is 1330. The third-order valence-corrected chi connectivity index (χ3v) is 6.95. The standard InChI is InChI=1S/C26H26Cl3N3OS/c1-15(2)33-23-11-10-16-8-6-7-9-18(16)19(23)14-20-25(34-5)30-32(26(20)31(3)4)24-21(28)12-17(27)13-22(24)29/h6-13,15H,14H2,1-5H3. The van der Waals surface area contributed by atoms with Crippen LogP contribution in [-0.4, -0.2) is 36.2 Å². The van der Waals surface area contributed by atoms with Crippen LogP contribution >= 0.6 is 46.6 Å². The van der Waals surface area contributed by atoms with Crippen LogP contribution in [0, 0.1) is 0 Å². The van der Waals surface area contributed by atoms with Crippen LogP contribution in [0.2, 0.25) is 15.1 Å². The molecule has 34 heavy (non-hydrogen) atoms. The largest absolute Gasteiger partial charge is 0.491 e. The number of hydrogen-bond acceptors (Lipinski definition) is 4. The zero-order valence-corrected chi connectivity index (χ0v) is 22.8. The molecule has 3 aromatic carbocycles. The van der Waals surface area contributed by atoms with Gasteiger partial charge >= 0.3 is 0 Å². The molecule has 0 unspecified atom stereocenters. The summed E-state index contributed by atoms with van der Waals surface area (Å²) < 4.78 is 8.05. The van der Waals surface area contributed by atoms with E-state index in [1.807, 2.05) is 43.8 Å². The lowest BCUT2D eigenvalue weighted by atomic mass is 9.98. The number of rotatable bonds is 7. The van der Waals surface area contributed by atoms with Crippen LogP contribution in [0.4, 0.5) is 5.82 Å². The van der Waals surface area contributed by atoms with Crippen LogP contribution in [0.1, 0.15) is 25.0 Å². The van der Waals surface area contributed by atoms with E-state index in [-0.39, 0.29) is 6.10 Å². The van der Waals surface area contributed by atoms with Crippen molar-refractivity contribution in [2.24, 2.45) is 0 Å². The van der Waals surface area contributed by atoms with Crippen LogP contribution in [-0.2, 0) is 6.42 Å². The molecule has 0 radical (unpaired) electrons. The molecule has 0 saturated carbocycles. The van der Waals surface area contributed by atoms with Gasteiger partial charge in [-0.1, -0.05) is 65.1 Å². The fourth-order valence-electron chi connectivity index (χ4n) is 4.13. The molecule has 1 heterocycles. The van der Waals surface area contributed by atoms with E-state index < -0.39 is 0 Å². The van der Waals surface area contributed by atoms with Crippen molar-refractivity contribution in [1.82, 2.24) is 9.78 Å². The zero-order valence-electron chi connectivity index (χ0n) is 19.7. The van der Waals surface area contributed by atoms with Crippen molar-refractivity contribution in [3.63, 3.8) is 0 Å². The van der Waals surface area contributed by atoms with E-state index in [2.05, 4.69) is 36.4 Å². The summed E-state index contributed by atoms with van der Waals surface area (Å²) in [7, 11) is 3.99. The van der Waals surface area contributed by atoms with Gasteiger partial charge in [0.05, 0.1) is 16.1 Å². The van der Waals surface area contributed by atoms with E-state index in [1.165, 1.54) is 5.39 Å². The molecule has 0 aliphatic carbocycles. The quantitative estimate of drug-likeness (QED) is 0.224. The molecular formula is C26H26Cl3N3OS. The Labute approximate surface area is 219 Å². The summed E-state index contributed by atoms with van der Waals surface area (Å²) in [6, 6.07) is 15.9. The molecule has 4 aromatic rings. The SMILES string of the molecule is CSc1nn(-c2c(Cl)cc(Cl)cc2Cl)c(N(C)C)c1Cc1c(OC(C)C)ccc2ccccc12. The summed E-state index contributed by atoms with van der Waals surface area (Å²) in [5.74, 6) is 1.78. The van der Waals surface area contributed by atoms with Crippen molar-refractivity contribution >= 4 is 63.2 Å². The zero-order chi connectivity index (χ0) is 24.6. The minimum Gasteiger partial charge on any atom is -0.491 e. The van der Waals surface area contributed by atoms with Gasteiger partial charge in [0, 0.05) is 36.7 Å². The van der Waals surface area contributed by atoms with E-state index in [4.69, 9.17) is 44.6 Å². The molecule has 0 atom stereocenters. The van der Waals surface area contributed by atoms with Gasteiger partial charge in [0.1, 0.15) is 22.3 Å². The predicted molar refractivity (Wildman–Crippen MR) is 147 cm³/mol. The van der Waals surface area contributed by atoms with Gasteiger partial charge in [-0.25, -0.2) is 4.68 Å². The number of thioether (sulfide) groups is 1. The van der Waals surface area contributed by atoms with Crippen molar-refractivity contribution in [1.29, 1.82) is 0 Å². The lowest BCUT2D eigenvalue weighted by Gasteiger charge is -2.20. The van der Waals surface area contributed by atoms with Crippen LogP contribution in [0.25, 0.3) is 16.5 Å². The van der Waals surface area contributed by atoms with Crippen molar-refractivity contribution < 1.29 is 4.74 Å². The lowest BCUT2D eigenvalue weighted by Crippen LogP contribution is -2.16.